The number of likely N-dealkylation sites (tertiary alicyclic amines) is 1. The maximum atomic E-state index is 14.7. The molecule has 4 aliphatic heterocycles. The first-order valence-electron chi connectivity index (χ1n) is 25.3. The van der Waals surface area contributed by atoms with E-state index in [2.05, 4.69) is 67.8 Å². The summed E-state index contributed by atoms with van der Waals surface area (Å²) < 4.78 is 43.0. The number of ether oxygens (including phenoxy) is 2. The number of aromatic amines is 1. The molecule has 0 bridgehead atoms. The number of hydrogen-bond donors (Lipinski definition) is 4. The van der Waals surface area contributed by atoms with Gasteiger partial charge in [-0.15, -0.1) is 0 Å². The Morgan fingerprint density at radius 3 is 2.54 bits per heavy atom. The molecule has 2 aromatic heterocycles. The van der Waals surface area contributed by atoms with Gasteiger partial charge in [-0.3, -0.25) is 19.8 Å². The number of aliphatic hydroxyl groups is 1. The van der Waals surface area contributed by atoms with Crippen LogP contribution in [0.4, 0.5) is 28.4 Å². The highest BCUT2D eigenvalue weighted by atomic mass is 32.2. The number of aromatic nitrogens is 2. The van der Waals surface area contributed by atoms with Gasteiger partial charge in [-0.05, 0) is 143 Å². The van der Waals surface area contributed by atoms with Crippen LogP contribution in [0.1, 0.15) is 118 Å². The zero-order valence-corrected chi connectivity index (χ0v) is 41.3. The van der Waals surface area contributed by atoms with E-state index in [0.29, 0.717) is 79.8 Å². The number of nitro groups is 1. The number of amides is 1. The topological polar surface area (TPSA) is 196 Å². The predicted octanol–water partition coefficient (Wildman–Crippen LogP) is 9.20. The van der Waals surface area contributed by atoms with E-state index in [4.69, 9.17) is 14.5 Å². The summed E-state index contributed by atoms with van der Waals surface area (Å²) in [7, 11) is -4.61. The van der Waals surface area contributed by atoms with Crippen LogP contribution in [-0.2, 0) is 14.8 Å². The monoisotopic (exact) mass is 974 g/mol. The lowest BCUT2D eigenvalue weighted by Crippen LogP contribution is -2.53. The van der Waals surface area contributed by atoms with Crippen molar-refractivity contribution in [3.05, 3.63) is 106 Å². The Balaban J connectivity index is 0.930. The quantitative estimate of drug-likeness (QED) is 0.0645. The molecule has 17 heteroatoms. The van der Waals surface area contributed by atoms with Crippen molar-refractivity contribution >= 4 is 55.4 Å². The van der Waals surface area contributed by atoms with Crippen molar-refractivity contribution < 1.29 is 32.7 Å². The third-order valence-corrected chi connectivity index (χ3v) is 16.9. The Bertz CT molecular complexity index is 2830. The number of anilines is 4. The molecular formula is C53H66N8O8S. The number of nitrogens with one attached hydrogen (secondary N) is 3. The van der Waals surface area contributed by atoms with Gasteiger partial charge in [0.2, 0.25) is 5.88 Å². The van der Waals surface area contributed by atoms with Crippen LogP contribution in [0, 0.1) is 22.0 Å². The van der Waals surface area contributed by atoms with E-state index in [-0.39, 0.29) is 23.2 Å². The minimum Gasteiger partial charge on any atom is -0.468 e. The smallest absolute Gasteiger partial charge is 0.293 e. The number of rotatable bonds is 13. The number of hydrogen-bond acceptors (Lipinski definition) is 13. The zero-order valence-electron chi connectivity index (χ0n) is 40.4. The third kappa shape index (κ3) is 9.94. The summed E-state index contributed by atoms with van der Waals surface area (Å²) in [4.78, 5) is 41.2. The number of carbonyl (C=O) groups is 1. The predicted molar refractivity (Wildman–Crippen MR) is 271 cm³/mol. The maximum absolute atomic E-state index is 14.7. The molecule has 70 heavy (non-hydrogen) atoms. The minimum absolute atomic E-state index is 0.117. The first kappa shape index (κ1) is 47.9. The van der Waals surface area contributed by atoms with E-state index in [1.165, 1.54) is 42.5 Å². The summed E-state index contributed by atoms with van der Waals surface area (Å²) in [6.07, 6.45) is 10.4. The molecule has 10 rings (SSSR count). The summed E-state index contributed by atoms with van der Waals surface area (Å²) in [6.45, 7) is 11.4. The molecule has 1 amide bonds. The second-order valence-electron chi connectivity index (χ2n) is 20.8. The number of benzene rings is 3. The summed E-state index contributed by atoms with van der Waals surface area (Å²) >= 11 is 0. The number of piperidine rings is 2. The molecule has 16 nitrogen and oxygen atoms in total. The number of nitro benzene ring substituents is 1. The maximum Gasteiger partial charge on any atom is 0.293 e. The van der Waals surface area contributed by atoms with Crippen LogP contribution < -0.4 is 24.6 Å². The van der Waals surface area contributed by atoms with E-state index in [9.17, 15) is 28.4 Å². The van der Waals surface area contributed by atoms with Gasteiger partial charge in [0.15, 0.2) is 0 Å². The van der Waals surface area contributed by atoms with E-state index in [1.54, 1.807) is 6.07 Å². The SMILES string of the molecule is CC(C)c1ccccc1[C@@H]1CCCCN1CC1CCN(c2ccc(C(=O)NS(=O)(=O)c3ccc(NC[C@H]4CC[C@](C)(O)CC4)c([N+](=O)[O-])c3)c(N3c4cc5cc[nH]c5nc4O[C@H]4COCC[C@@H]43)c2)CC1. The van der Waals surface area contributed by atoms with Gasteiger partial charge in [0.1, 0.15) is 23.1 Å². The second-order valence-corrected chi connectivity index (χ2v) is 22.5. The minimum atomic E-state index is -4.61. The normalized spacial score (nSPS) is 24.5. The highest BCUT2D eigenvalue weighted by Crippen LogP contribution is 2.46. The first-order chi connectivity index (χ1) is 33.7. The van der Waals surface area contributed by atoms with Crippen LogP contribution in [0.25, 0.3) is 11.0 Å². The fourth-order valence-electron chi connectivity index (χ4n) is 11.6. The average Bonchev–Trinajstić information content (AvgIpc) is 3.82. The number of sulfonamides is 1. The molecule has 4 N–H and O–H groups in total. The van der Waals surface area contributed by atoms with Crippen LogP contribution in [-0.4, -0.2) is 103 Å². The number of H-pyrrole nitrogens is 1. The van der Waals surface area contributed by atoms with Gasteiger partial charge in [0.05, 0.1) is 39.3 Å². The molecule has 6 heterocycles. The highest BCUT2D eigenvalue weighted by molar-refractivity contribution is 7.90. The molecule has 372 valence electrons. The summed E-state index contributed by atoms with van der Waals surface area (Å²) in [5, 5.41) is 26.7. The van der Waals surface area contributed by atoms with Crippen molar-refractivity contribution in [1.29, 1.82) is 0 Å². The van der Waals surface area contributed by atoms with Crippen LogP contribution in [0.15, 0.2) is 83.9 Å². The molecule has 4 fully saturated rings. The van der Waals surface area contributed by atoms with Crippen LogP contribution >= 0.6 is 0 Å². The fourth-order valence-corrected chi connectivity index (χ4v) is 12.6. The van der Waals surface area contributed by atoms with Crippen molar-refractivity contribution in [1.82, 2.24) is 19.6 Å². The molecular weight excluding hydrogens is 909 g/mol. The van der Waals surface area contributed by atoms with Crippen molar-refractivity contribution in [3.8, 4) is 5.88 Å². The Kier molecular flexibility index (Phi) is 13.6. The molecule has 0 radical (unpaired) electrons. The van der Waals surface area contributed by atoms with Crippen molar-refractivity contribution in [2.75, 3.05) is 61.1 Å². The molecule has 5 aliphatic rings. The lowest BCUT2D eigenvalue weighted by atomic mass is 9.80. The summed E-state index contributed by atoms with van der Waals surface area (Å²) in [5.41, 5.74) is 4.79. The highest BCUT2D eigenvalue weighted by Gasteiger charge is 2.42. The van der Waals surface area contributed by atoms with Crippen LogP contribution in [0.5, 0.6) is 5.88 Å². The molecule has 1 saturated carbocycles. The second kappa shape index (κ2) is 19.8. The number of carbonyl (C=O) groups excluding carboxylic acids is 1. The lowest BCUT2D eigenvalue weighted by Gasteiger charge is -2.45. The third-order valence-electron chi connectivity index (χ3n) is 15.6. The summed E-state index contributed by atoms with van der Waals surface area (Å²) in [6, 6.07) is 22.2. The van der Waals surface area contributed by atoms with Gasteiger partial charge in [0, 0.05) is 62.2 Å². The van der Waals surface area contributed by atoms with Gasteiger partial charge >= 0.3 is 0 Å². The fraction of sp³-hybridized carbons (Fsp3) is 0.509. The van der Waals surface area contributed by atoms with Crippen molar-refractivity contribution in [2.24, 2.45) is 11.8 Å². The molecule has 3 aromatic carbocycles. The Labute approximate surface area is 410 Å². The molecule has 5 aromatic rings. The van der Waals surface area contributed by atoms with Crippen molar-refractivity contribution in [2.45, 2.75) is 120 Å². The Morgan fingerprint density at radius 2 is 1.76 bits per heavy atom. The molecule has 3 atom stereocenters. The average molecular weight is 975 g/mol. The Hall–Kier alpha value is -5.75. The van der Waals surface area contributed by atoms with Gasteiger partial charge < -0.3 is 34.7 Å². The standard InChI is InChI=1S/C53H66N8O8S/c1-34(2)40-8-4-5-9-41(40)44-10-6-7-24-59(44)32-36-18-25-58(26-19-36)38-11-13-42(46(29-38)60-45-20-27-68-33-49(45)69-52-48(60)28-37-17-23-54-50(37)56-52)51(62)57-70(66,67)39-12-14-43(47(30-39)61(64)65)55-31-35-15-21-53(3,63)22-16-35/h4-5,8-9,11-14,17,23,28-30,34-36,44-45,49,55,63H,6-7,10,15-16,18-22,24-27,31-33H2,1-3H3,(H,54,56)(H,57,62)/t35-,44-,45-,49-,53-/m0/s1. The molecule has 3 saturated heterocycles. The van der Waals surface area contributed by atoms with E-state index in [0.717, 1.165) is 69.0 Å². The largest absolute Gasteiger partial charge is 0.468 e. The first-order valence-corrected chi connectivity index (χ1v) is 26.7. The number of fused-ring (bicyclic) bond motifs is 3. The van der Waals surface area contributed by atoms with Crippen molar-refractivity contribution in [3.63, 3.8) is 0 Å². The summed E-state index contributed by atoms with van der Waals surface area (Å²) in [5.74, 6) is 0.686. The lowest BCUT2D eigenvalue weighted by molar-refractivity contribution is -0.384. The van der Waals surface area contributed by atoms with E-state index < -0.39 is 43.1 Å². The van der Waals surface area contributed by atoms with E-state index in [1.807, 2.05) is 37.4 Å². The Morgan fingerprint density at radius 1 is 0.957 bits per heavy atom. The van der Waals surface area contributed by atoms with Gasteiger partial charge in [-0.1, -0.05) is 44.5 Å². The van der Waals surface area contributed by atoms with Crippen LogP contribution in [0.2, 0.25) is 0 Å². The molecule has 0 spiro atoms. The van der Waals surface area contributed by atoms with Gasteiger partial charge in [0.25, 0.3) is 21.6 Å². The number of nitrogens with zero attached hydrogens (tertiary/aromatic N) is 5. The zero-order chi connectivity index (χ0) is 48.7. The molecule has 0 unspecified atom stereocenters. The van der Waals surface area contributed by atoms with Gasteiger partial charge in [-0.25, -0.2) is 13.1 Å². The van der Waals surface area contributed by atoms with Gasteiger partial charge in [-0.2, -0.15) is 4.98 Å². The van der Waals surface area contributed by atoms with E-state index >= 15 is 0 Å². The molecule has 1 aliphatic carbocycles. The number of pyridine rings is 1. The van der Waals surface area contributed by atoms with Crippen LogP contribution in [0.3, 0.4) is 0 Å².